The van der Waals surface area contributed by atoms with Crippen molar-refractivity contribution in [3.8, 4) is 5.75 Å². The molecule has 3 heterocycles. The summed E-state index contributed by atoms with van der Waals surface area (Å²) >= 11 is 0. The molecule has 164 valence electrons. The first-order valence-electron chi connectivity index (χ1n) is 9.95. The van der Waals surface area contributed by atoms with Gasteiger partial charge in [0.25, 0.3) is 5.92 Å². The van der Waals surface area contributed by atoms with Crippen molar-refractivity contribution in [2.75, 3.05) is 19.4 Å². The van der Waals surface area contributed by atoms with E-state index in [1.54, 1.807) is 7.11 Å². The molecule has 0 aliphatic carbocycles. The number of aryl methyl sites for hydroxylation is 1. The molecule has 1 fully saturated rings. The number of aromatic carboxylic acids is 1. The highest BCUT2D eigenvalue weighted by molar-refractivity contribution is 5.92. The maximum atomic E-state index is 14.4. The number of carbonyl (C=O) groups is 1. The fraction of sp³-hybridized carbons (Fsp3) is 0.364. The van der Waals surface area contributed by atoms with E-state index in [1.807, 2.05) is 30.2 Å². The number of nitrogens with zero attached hydrogens (tertiary/aromatic N) is 2. The quantitative estimate of drug-likeness (QED) is 0.562. The molecule has 7 nitrogen and oxygen atoms in total. The first-order valence-corrected chi connectivity index (χ1v) is 9.95. The van der Waals surface area contributed by atoms with Crippen molar-refractivity contribution in [3.63, 3.8) is 0 Å². The van der Waals surface area contributed by atoms with Gasteiger partial charge in [-0.1, -0.05) is 0 Å². The SMILES string of the molecule is COc1cc(C)c2[nH]ccc2c1CN1CCC(F)(F)CC1c1ccc(C(=O)O)c(N)n1. The summed E-state index contributed by atoms with van der Waals surface area (Å²) in [5.74, 6) is -3.54. The molecule has 1 aliphatic rings. The average Bonchev–Trinajstić information content (AvgIpc) is 3.21. The summed E-state index contributed by atoms with van der Waals surface area (Å²) in [6.45, 7) is 2.51. The Hall–Kier alpha value is -3.20. The van der Waals surface area contributed by atoms with Crippen LogP contribution >= 0.6 is 0 Å². The van der Waals surface area contributed by atoms with E-state index >= 15 is 0 Å². The minimum atomic E-state index is -2.84. The number of nitrogens with one attached hydrogen (secondary N) is 1. The number of hydrogen-bond acceptors (Lipinski definition) is 5. The van der Waals surface area contributed by atoms with Gasteiger partial charge in [0.2, 0.25) is 0 Å². The van der Waals surface area contributed by atoms with Crippen LogP contribution in [0.1, 0.15) is 46.1 Å². The van der Waals surface area contributed by atoms with Crippen molar-refractivity contribution in [1.29, 1.82) is 0 Å². The number of anilines is 1. The third-order valence-electron chi connectivity index (χ3n) is 5.91. The zero-order valence-electron chi connectivity index (χ0n) is 17.3. The number of nitrogens with two attached hydrogens (primary N) is 1. The van der Waals surface area contributed by atoms with Crippen molar-refractivity contribution < 1.29 is 23.4 Å². The smallest absolute Gasteiger partial charge is 0.339 e. The maximum Gasteiger partial charge on any atom is 0.339 e. The molecule has 1 saturated heterocycles. The number of likely N-dealkylation sites (tertiary alicyclic amines) is 1. The van der Waals surface area contributed by atoms with Crippen molar-refractivity contribution >= 4 is 22.7 Å². The Morgan fingerprint density at radius 2 is 2.19 bits per heavy atom. The molecular formula is C22H24F2N4O3. The second kappa shape index (κ2) is 7.81. The summed E-state index contributed by atoms with van der Waals surface area (Å²) < 4.78 is 34.3. The van der Waals surface area contributed by atoms with Crippen LogP contribution in [-0.2, 0) is 6.54 Å². The fourth-order valence-electron chi connectivity index (χ4n) is 4.30. The number of pyridine rings is 1. The van der Waals surface area contributed by atoms with Crippen LogP contribution in [0.25, 0.3) is 10.9 Å². The lowest BCUT2D eigenvalue weighted by atomic mass is 9.93. The number of fused-ring (bicyclic) bond motifs is 1. The number of ether oxygens (including phenoxy) is 1. The lowest BCUT2D eigenvalue weighted by Crippen LogP contribution is -2.42. The Morgan fingerprint density at radius 3 is 2.87 bits per heavy atom. The number of aromatic nitrogens is 2. The summed E-state index contributed by atoms with van der Waals surface area (Å²) in [5, 5.41) is 10.2. The number of piperidine rings is 1. The van der Waals surface area contributed by atoms with Crippen LogP contribution in [0.15, 0.2) is 30.5 Å². The fourth-order valence-corrected chi connectivity index (χ4v) is 4.30. The van der Waals surface area contributed by atoms with E-state index in [2.05, 4.69) is 9.97 Å². The third-order valence-corrected chi connectivity index (χ3v) is 5.91. The molecule has 1 aromatic carbocycles. The predicted octanol–water partition coefficient (Wildman–Crippen LogP) is 4.13. The largest absolute Gasteiger partial charge is 0.496 e. The molecule has 0 radical (unpaired) electrons. The van der Waals surface area contributed by atoms with E-state index in [1.165, 1.54) is 12.1 Å². The number of methoxy groups -OCH3 is 1. The number of carboxylic acid groups (broad SMARTS) is 1. The molecule has 0 saturated carbocycles. The lowest BCUT2D eigenvalue weighted by molar-refractivity contribution is -0.0823. The van der Waals surface area contributed by atoms with Crippen LogP contribution < -0.4 is 10.5 Å². The monoisotopic (exact) mass is 430 g/mol. The van der Waals surface area contributed by atoms with Gasteiger partial charge in [-0.2, -0.15) is 0 Å². The van der Waals surface area contributed by atoms with Gasteiger partial charge in [-0.3, -0.25) is 4.90 Å². The number of carboxylic acids is 1. The average molecular weight is 430 g/mol. The molecule has 0 spiro atoms. The van der Waals surface area contributed by atoms with Crippen LogP contribution in [0.3, 0.4) is 0 Å². The highest BCUT2D eigenvalue weighted by Crippen LogP contribution is 2.42. The Kier molecular flexibility index (Phi) is 5.30. The van der Waals surface area contributed by atoms with E-state index < -0.39 is 24.4 Å². The zero-order valence-corrected chi connectivity index (χ0v) is 17.3. The molecule has 4 N–H and O–H groups in total. The summed E-state index contributed by atoms with van der Waals surface area (Å²) in [4.78, 5) is 20.6. The number of benzene rings is 1. The van der Waals surface area contributed by atoms with Gasteiger partial charge in [-0.15, -0.1) is 0 Å². The Morgan fingerprint density at radius 1 is 1.42 bits per heavy atom. The third kappa shape index (κ3) is 3.93. The van der Waals surface area contributed by atoms with Crippen molar-refractivity contribution in [1.82, 2.24) is 14.9 Å². The van der Waals surface area contributed by atoms with Crippen LogP contribution in [0.2, 0.25) is 0 Å². The van der Waals surface area contributed by atoms with Gasteiger partial charge in [0, 0.05) is 48.6 Å². The van der Waals surface area contributed by atoms with Gasteiger partial charge in [0.1, 0.15) is 17.1 Å². The van der Waals surface area contributed by atoms with E-state index in [9.17, 15) is 18.7 Å². The molecule has 1 unspecified atom stereocenters. The second-order valence-corrected chi connectivity index (χ2v) is 7.91. The number of rotatable bonds is 5. The van der Waals surface area contributed by atoms with Crippen molar-refractivity contribution in [2.24, 2.45) is 0 Å². The Balaban J connectivity index is 1.74. The van der Waals surface area contributed by atoms with E-state index in [0.29, 0.717) is 18.0 Å². The molecule has 9 heteroatoms. The molecule has 0 bridgehead atoms. The number of hydrogen-bond donors (Lipinski definition) is 3. The van der Waals surface area contributed by atoms with E-state index in [0.717, 1.165) is 22.0 Å². The molecule has 3 aromatic rings. The van der Waals surface area contributed by atoms with Crippen LogP contribution in [0, 0.1) is 6.92 Å². The minimum absolute atomic E-state index is 0.146. The van der Waals surface area contributed by atoms with Gasteiger partial charge in [-0.25, -0.2) is 18.6 Å². The van der Waals surface area contributed by atoms with Crippen molar-refractivity contribution in [2.45, 2.75) is 38.3 Å². The van der Waals surface area contributed by atoms with Gasteiger partial charge in [0.15, 0.2) is 0 Å². The van der Waals surface area contributed by atoms with Crippen molar-refractivity contribution in [3.05, 3.63) is 52.8 Å². The molecule has 2 aromatic heterocycles. The normalized spacial score (nSPS) is 18.9. The molecular weight excluding hydrogens is 406 g/mol. The summed E-state index contributed by atoms with van der Waals surface area (Å²) in [6.07, 6.45) is 1.16. The predicted molar refractivity (Wildman–Crippen MR) is 113 cm³/mol. The maximum absolute atomic E-state index is 14.4. The molecule has 1 aliphatic heterocycles. The highest BCUT2D eigenvalue weighted by atomic mass is 19.3. The van der Waals surface area contributed by atoms with Gasteiger partial charge < -0.3 is 20.6 Å². The summed E-state index contributed by atoms with van der Waals surface area (Å²) in [5.41, 5.74) is 8.88. The molecule has 1 atom stereocenters. The lowest BCUT2D eigenvalue weighted by Gasteiger charge is -2.39. The first-order chi connectivity index (χ1) is 14.7. The zero-order chi connectivity index (χ0) is 22.3. The number of alkyl halides is 2. The van der Waals surface area contributed by atoms with Gasteiger partial charge in [-0.05, 0) is 36.8 Å². The number of halogens is 2. The Labute approximate surface area is 177 Å². The number of H-pyrrole nitrogens is 1. The Bertz CT molecular complexity index is 1150. The second-order valence-electron chi connectivity index (χ2n) is 7.91. The molecule has 31 heavy (non-hydrogen) atoms. The highest BCUT2D eigenvalue weighted by Gasteiger charge is 2.42. The molecule has 4 rings (SSSR count). The first kappa shape index (κ1) is 21.0. The van der Waals surface area contributed by atoms with Crippen LogP contribution in [0.4, 0.5) is 14.6 Å². The molecule has 0 amide bonds. The summed E-state index contributed by atoms with van der Waals surface area (Å²) in [6, 6.07) is 5.96. The van der Waals surface area contributed by atoms with Gasteiger partial charge in [0.05, 0.1) is 18.8 Å². The summed E-state index contributed by atoms with van der Waals surface area (Å²) in [7, 11) is 1.59. The van der Waals surface area contributed by atoms with E-state index in [-0.39, 0.29) is 24.3 Å². The standard InChI is InChI=1S/C22H24F2N4O3/c1-12-9-18(31-2)15(13-5-7-26-19(12)13)11-28-8-6-22(23,24)10-17(28)16-4-3-14(21(29)30)20(25)27-16/h3-5,7,9,17,26H,6,8,10-11H2,1-2H3,(H2,25,27)(H,29,30). The topological polar surface area (TPSA) is 104 Å². The number of nitrogen functional groups attached to an aromatic ring is 1. The van der Waals surface area contributed by atoms with Gasteiger partial charge >= 0.3 is 5.97 Å². The number of aromatic amines is 1. The minimum Gasteiger partial charge on any atom is -0.496 e. The van der Waals surface area contributed by atoms with Crippen LogP contribution in [-0.4, -0.2) is 45.5 Å². The van der Waals surface area contributed by atoms with E-state index in [4.69, 9.17) is 10.5 Å². The van der Waals surface area contributed by atoms with Crippen LogP contribution in [0.5, 0.6) is 5.75 Å².